The number of sulfonamides is 1. The monoisotopic (exact) mass is 364 g/mol. The topological polar surface area (TPSA) is 84.5 Å². The molecule has 0 radical (unpaired) electrons. The third kappa shape index (κ3) is 3.49. The fourth-order valence-electron chi connectivity index (χ4n) is 2.26. The lowest BCUT2D eigenvalue weighted by Crippen LogP contribution is -2.19. The van der Waals surface area contributed by atoms with E-state index in [1.807, 2.05) is 6.92 Å². The smallest absolute Gasteiger partial charge is 0.262 e. The Labute approximate surface area is 144 Å². The second-order valence-corrected chi connectivity index (χ2v) is 7.73. The van der Waals surface area contributed by atoms with Gasteiger partial charge in [0.05, 0.1) is 28.6 Å². The lowest BCUT2D eigenvalue weighted by molar-refractivity contribution is -0.113. The summed E-state index contributed by atoms with van der Waals surface area (Å²) in [5.74, 6) is 0.659. The zero-order valence-corrected chi connectivity index (χ0v) is 14.5. The lowest BCUT2D eigenvalue weighted by Gasteiger charge is -2.18. The average molecular weight is 364 g/mol. The number of hydrogen-bond donors (Lipinski definition) is 2. The van der Waals surface area contributed by atoms with Crippen LogP contribution in [-0.4, -0.2) is 26.7 Å². The molecule has 0 saturated carbocycles. The minimum absolute atomic E-state index is 0.0909. The molecular weight excluding hydrogens is 348 g/mol. The van der Waals surface area contributed by atoms with Crippen LogP contribution in [0.3, 0.4) is 0 Å². The number of thioether (sulfide) groups is 1. The second-order valence-electron chi connectivity index (χ2n) is 5.03. The first-order valence-electron chi connectivity index (χ1n) is 7.31. The van der Waals surface area contributed by atoms with Gasteiger partial charge in [-0.15, -0.1) is 11.8 Å². The number of amides is 1. The Bertz CT molecular complexity index is 881. The van der Waals surface area contributed by atoms with Crippen molar-refractivity contribution in [1.82, 2.24) is 0 Å². The van der Waals surface area contributed by atoms with Crippen LogP contribution in [0, 0.1) is 0 Å². The first-order valence-corrected chi connectivity index (χ1v) is 9.78. The third-order valence-corrected chi connectivity index (χ3v) is 5.75. The number of anilines is 2. The fraction of sp³-hybridized carbons (Fsp3) is 0.188. The lowest BCUT2D eigenvalue weighted by atomic mass is 10.3. The molecule has 1 aliphatic heterocycles. The summed E-state index contributed by atoms with van der Waals surface area (Å²) in [5, 5.41) is 2.72. The molecule has 2 aromatic rings. The van der Waals surface area contributed by atoms with E-state index in [9.17, 15) is 13.2 Å². The number of hydrogen-bond acceptors (Lipinski definition) is 5. The van der Waals surface area contributed by atoms with Crippen molar-refractivity contribution >= 4 is 39.1 Å². The van der Waals surface area contributed by atoms with E-state index < -0.39 is 10.0 Å². The quantitative estimate of drug-likeness (QED) is 0.852. The second kappa shape index (κ2) is 6.74. The number of carbonyl (C=O) groups excluding carboxylic acids is 1. The van der Waals surface area contributed by atoms with Gasteiger partial charge >= 0.3 is 0 Å². The van der Waals surface area contributed by atoms with Crippen molar-refractivity contribution in [2.75, 3.05) is 22.4 Å². The van der Waals surface area contributed by atoms with E-state index >= 15 is 0 Å². The molecule has 0 fully saturated rings. The number of benzene rings is 2. The van der Waals surface area contributed by atoms with Crippen LogP contribution in [0.15, 0.2) is 52.3 Å². The van der Waals surface area contributed by atoms with Crippen LogP contribution in [0.25, 0.3) is 0 Å². The molecule has 3 rings (SSSR count). The fourth-order valence-corrected chi connectivity index (χ4v) is 4.27. The Hall–Kier alpha value is -2.19. The van der Waals surface area contributed by atoms with E-state index in [2.05, 4.69) is 10.0 Å². The van der Waals surface area contributed by atoms with Gasteiger partial charge in [-0.1, -0.05) is 12.1 Å². The summed E-state index contributed by atoms with van der Waals surface area (Å²) >= 11 is 1.32. The molecule has 6 nitrogen and oxygen atoms in total. The molecule has 1 aliphatic rings. The van der Waals surface area contributed by atoms with E-state index in [0.29, 0.717) is 23.7 Å². The molecule has 0 spiro atoms. The van der Waals surface area contributed by atoms with Crippen LogP contribution in [0.2, 0.25) is 0 Å². The van der Waals surface area contributed by atoms with Gasteiger partial charge < -0.3 is 10.1 Å². The molecule has 24 heavy (non-hydrogen) atoms. The van der Waals surface area contributed by atoms with Crippen molar-refractivity contribution < 1.29 is 17.9 Å². The molecule has 0 bridgehead atoms. The minimum Gasteiger partial charge on any atom is -0.492 e. The highest BCUT2D eigenvalue weighted by Crippen LogP contribution is 2.34. The maximum Gasteiger partial charge on any atom is 0.262 e. The first kappa shape index (κ1) is 16.7. The van der Waals surface area contributed by atoms with E-state index in [-0.39, 0.29) is 16.6 Å². The molecule has 0 aromatic heterocycles. The highest BCUT2D eigenvalue weighted by Gasteiger charge is 2.21. The summed E-state index contributed by atoms with van der Waals surface area (Å²) in [5.41, 5.74) is 1.02. The molecule has 2 aromatic carbocycles. The third-order valence-electron chi connectivity index (χ3n) is 3.33. The molecule has 8 heteroatoms. The molecule has 0 atom stereocenters. The van der Waals surface area contributed by atoms with Crippen LogP contribution in [-0.2, 0) is 14.8 Å². The van der Waals surface area contributed by atoms with Gasteiger partial charge in [0.2, 0.25) is 5.91 Å². The van der Waals surface area contributed by atoms with Crippen LogP contribution >= 0.6 is 11.8 Å². The highest BCUT2D eigenvalue weighted by atomic mass is 32.2. The standard InChI is InChI=1S/C16H16N2O4S2/c1-2-22-14-6-4-3-5-12(14)18-24(20,21)11-7-8-13-15(9-11)23-10-16(19)17-13/h3-9,18H,2,10H2,1H3,(H,17,19). The largest absolute Gasteiger partial charge is 0.492 e. The summed E-state index contributed by atoms with van der Waals surface area (Å²) in [7, 11) is -3.76. The Morgan fingerprint density at radius 3 is 2.83 bits per heavy atom. The van der Waals surface area contributed by atoms with Crippen molar-refractivity contribution in [2.24, 2.45) is 0 Å². The van der Waals surface area contributed by atoms with Crippen LogP contribution in [0.5, 0.6) is 5.75 Å². The molecule has 0 aliphatic carbocycles. The van der Waals surface area contributed by atoms with E-state index in [0.717, 1.165) is 4.90 Å². The van der Waals surface area contributed by atoms with Crippen molar-refractivity contribution in [3.8, 4) is 5.75 Å². The molecule has 126 valence electrons. The Morgan fingerprint density at radius 2 is 2.04 bits per heavy atom. The van der Waals surface area contributed by atoms with Gasteiger partial charge in [0.1, 0.15) is 5.75 Å². The Kier molecular flexibility index (Phi) is 4.68. The number of rotatable bonds is 5. The summed E-state index contributed by atoms with van der Waals surface area (Å²) in [6, 6.07) is 11.5. The van der Waals surface area contributed by atoms with Crippen LogP contribution in [0.4, 0.5) is 11.4 Å². The maximum atomic E-state index is 12.6. The molecular formula is C16H16N2O4S2. The van der Waals surface area contributed by atoms with Crippen molar-refractivity contribution in [3.63, 3.8) is 0 Å². The predicted octanol–water partition coefficient (Wildman–Crippen LogP) is 2.93. The van der Waals surface area contributed by atoms with Crippen molar-refractivity contribution in [1.29, 1.82) is 0 Å². The van der Waals surface area contributed by atoms with Gasteiger partial charge in [0.25, 0.3) is 10.0 Å². The van der Waals surface area contributed by atoms with Gasteiger partial charge in [-0.3, -0.25) is 9.52 Å². The van der Waals surface area contributed by atoms with E-state index in [1.165, 1.54) is 17.8 Å². The highest BCUT2D eigenvalue weighted by molar-refractivity contribution is 8.00. The molecule has 2 N–H and O–H groups in total. The van der Waals surface area contributed by atoms with Crippen molar-refractivity contribution in [3.05, 3.63) is 42.5 Å². The minimum atomic E-state index is -3.76. The predicted molar refractivity (Wildman–Crippen MR) is 94.2 cm³/mol. The summed E-state index contributed by atoms with van der Waals surface area (Å²) < 4.78 is 33.3. The number of para-hydroxylation sites is 2. The Morgan fingerprint density at radius 1 is 1.25 bits per heavy atom. The molecule has 0 unspecified atom stereocenters. The van der Waals surface area contributed by atoms with Crippen LogP contribution < -0.4 is 14.8 Å². The van der Waals surface area contributed by atoms with Gasteiger partial charge in [-0.2, -0.15) is 0 Å². The molecule has 1 amide bonds. The van der Waals surface area contributed by atoms with E-state index in [1.54, 1.807) is 36.4 Å². The Balaban J connectivity index is 1.90. The summed E-state index contributed by atoms with van der Waals surface area (Å²) in [6.07, 6.45) is 0. The van der Waals surface area contributed by atoms with E-state index in [4.69, 9.17) is 4.74 Å². The first-order chi connectivity index (χ1) is 11.5. The zero-order valence-electron chi connectivity index (χ0n) is 12.9. The number of fused-ring (bicyclic) bond motifs is 1. The number of nitrogens with one attached hydrogen (secondary N) is 2. The van der Waals surface area contributed by atoms with Gasteiger partial charge in [-0.05, 0) is 37.3 Å². The SMILES string of the molecule is CCOc1ccccc1NS(=O)(=O)c1ccc2c(c1)SCC(=O)N2. The normalized spacial score (nSPS) is 13.8. The summed E-state index contributed by atoms with van der Waals surface area (Å²) in [4.78, 5) is 12.2. The van der Waals surface area contributed by atoms with Gasteiger partial charge in [0, 0.05) is 4.90 Å². The number of carbonyl (C=O) groups is 1. The average Bonchev–Trinajstić information content (AvgIpc) is 2.56. The van der Waals surface area contributed by atoms with Crippen molar-refractivity contribution in [2.45, 2.75) is 16.7 Å². The number of ether oxygens (including phenoxy) is 1. The van der Waals surface area contributed by atoms with Crippen LogP contribution in [0.1, 0.15) is 6.92 Å². The van der Waals surface area contributed by atoms with Gasteiger partial charge in [0.15, 0.2) is 0 Å². The summed E-state index contributed by atoms with van der Waals surface area (Å²) in [6.45, 7) is 2.27. The zero-order chi connectivity index (χ0) is 17.2. The maximum absolute atomic E-state index is 12.6. The molecule has 1 heterocycles. The molecule has 0 saturated heterocycles. The van der Waals surface area contributed by atoms with Gasteiger partial charge in [-0.25, -0.2) is 8.42 Å².